The molecular weight excluding hydrogens is 324 g/mol. The smallest absolute Gasteiger partial charge is 0.314 e. The first-order chi connectivity index (χ1) is 12.5. The van der Waals surface area contributed by atoms with Crippen LogP contribution in [0.1, 0.15) is 36.1 Å². The molecule has 1 aromatic carbocycles. The van der Waals surface area contributed by atoms with E-state index >= 15 is 0 Å². The summed E-state index contributed by atoms with van der Waals surface area (Å²) in [5.74, 6) is -0.572. The average molecular weight is 350 g/mol. The van der Waals surface area contributed by atoms with E-state index < -0.39 is 0 Å². The number of imidazole rings is 1. The predicted octanol–water partition coefficient (Wildman–Crippen LogP) is 5.09. The fraction of sp³-hybridized carbons (Fsp3) is 0.273. The zero-order chi connectivity index (χ0) is 19.3. The van der Waals surface area contributed by atoms with Crippen LogP contribution in [0.4, 0.5) is 0 Å². The molecule has 1 unspecified atom stereocenters. The Bertz CT molecular complexity index is 894. The van der Waals surface area contributed by atoms with E-state index in [1.165, 1.54) is 12.7 Å². The molecule has 0 amide bonds. The number of carbonyl (C=O) groups is 1. The fourth-order valence-corrected chi connectivity index (χ4v) is 3.04. The van der Waals surface area contributed by atoms with Gasteiger partial charge in [-0.15, -0.1) is 13.2 Å². The van der Waals surface area contributed by atoms with Gasteiger partial charge in [-0.1, -0.05) is 42.8 Å². The maximum atomic E-state index is 12.3. The van der Waals surface area contributed by atoms with Crippen LogP contribution in [0.2, 0.25) is 0 Å². The third-order valence-corrected chi connectivity index (χ3v) is 4.35. The summed E-state index contributed by atoms with van der Waals surface area (Å²) in [6, 6.07) is 12.3. The molecule has 2 aromatic heterocycles. The average Bonchev–Trinajstić information content (AvgIpc) is 3.03. The highest BCUT2D eigenvalue weighted by Gasteiger charge is 2.27. The number of carbonyl (C=O) groups excluding carboxylic acids is 1. The summed E-state index contributed by atoms with van der Waals surface area (Å²) in [5, 5.41) is 0. The second kappa shape index (κ2) is 8.48. The summed E-state index contributed by atoms with van der Waals surface area (Å²) in [7, 11) is 1.44. The monoisotopic (exact) mass is 350 g/mol. The Labute approximate surface area is 155 Å². The number of esters is 1. The van der Waals surface area contributed by atoms with Gasteiger partial charge in [0.05, 0.1) is 24.4 Å². The minimum Gasteiger partial charge on any atom is -0.469 e. The van der Waals surface area contributed by atoms with Crippen LogP contribution in [0.5, 0.6) is 0 Å². The lowest BCUT2D eigenvalue weighted by Gasteiger charge is -2.15. The lowest BCUT2D eigenvalue weighted by atomic mass is 9.97. The maximum Gasteiger partial charge on any atom is 0.314 e. The number of ether oxygens (including phenoxy) is 1. The molecule has 2 heterocycles. The van der Waals surface area contributed by atoms with Crippen LogP contribution in [0.25, 0.3) is 16.9 Å². The number of rotatable bonds is 4. The predicted molar refractivity (Wildman–Crippen MR) is 106 cm³/mol. The van der Waals surface area contributed by atoms with E-state index in [1.54, 1.807) is 0 Å². The molecule has 0 N–H and O–H groups in total. The van der Waals surface area contributed by atoms with Gasteiger partial charge in [0.25, 0.3) is 0 Å². The van der Waals surface area contributed by atoms with Crippen LogP contribution in [-0.4, -0.2) is 22.5 Å². The Morgan fingerprint density at radius 3 is 2.31 bits per heavy atom. The molecule has 0 fully saturated rings. The Hall–Kier alpha value is -2.88. The van der Waals surface area contributed by atoms with Gasteiger partial charge in [-0.2, -0.15) is 0 Å². The highest BCUT2D eigenvalue weighted by molar-refractivity contribution is 5.82. The third-order valence-electron chi connectivity index (χ3n) is 4.35. The van der Waals surface area contributed by atoms with E-state index in [9.17, 15) is 4.79 Å². The summed E-state index contributed by atoms with van der Waals surface area (Å²) in [6.45, 7) is 12.1. The fourth-order valence-electron chi connectivity index (χ4n) is 3.04. The first-order valence-electron chi connectivity index (χ1n) is 8.68. The van der Waals surface area contributed by atoms with Gasteiger partial charge < -0.3 is 9.14 Å². The molecule has 0 aliphatic heterocycles. The standard InChI is InChI=1S/C20H22N2O2.C2H4/c1-5-16(20(23)24-4)19-18(15-9-6-13(2)7-10-15)21-17-11-8-14(3)12-22(17)19;1-2/h6-12,16H,5H2,1-4H3;1-2H2. The lowest BCUT2D eigenvalue weighted by molar-refractivity contribution is -0.142. The number of aromatic nitrogens is 2. The number of nitrogens with zero attached hydrogens (tertiary/aromatic N) is 2. The van der Waals surface area contributed by atoms with E-state index in [4.69, 9.17) is 9.72 Å². The van der Waals surface area contributed by atoms with Crippen LogP contribution in [0, 0.1) is 13.8 Å². The molecule has 0 saturated heterocycles. The van der Waals surface area contributed by atoms with Gasteiger partial charge in [0.1, 0.15) is 5.65 Å². The number of methoxy groups -OCH3 is 1. The highest BCUT2D eigenvalue weighted by atomic mass is 16.5. The molecule has 0 saturated carbocycles. The summed E-state index contributed by atoms with van der Waals surface area (Å²) in [4.78, 5) is 17.1. The second-order valence-corrected chi connectivity index (χ2v) is 6.13. The number of hydrogen-bond acceptors (Lipinski definition) is 3. The largest absolute Gasteiger partial charge is 0.469 e. The van der Waals surface area contributed by atoms with Crippen LogP contribution in [0.15, 0.2) is 55.8 Å². The van der Waals surface area contributed by atoms with E-state index in [2.05, 4.69) is 44.3 Å². The van der Waals surface area contributed by atoms with Gasteiger partial charge in [0.15, 0.2) is 0 Å². The zero-order valence-electron chi connectivity index (χ0n) is 16.0. The molecule has 4 nitrogen and oxygen atoms in total. The maximum absolute atomic E-state index is 12.3. The van der Waals surface area contributed by atoms with E-state index in [1.807, 2.05) is 36.6 Å². The summed E-state index contributed by atoms with van der Waals surface area (Å²) in [6.07, 6.45) is 2.69. The van der Waals surface area contributed by atoms with Crippen molar-refractivity contribution in [1.82, 2.24) is 9.38 Å². The SMILES string of the molecule is C=C.CCC(C(=O)OC)c1c(-c2ccc(C)cc2)nc2ccc(C)cn12. The van der Waals surface area contributed by atoms with Gasteiger partial charge in [-0.3, -0.25) is 4.79 Å². The second-order valence-electron chi connectivity index (χ2n) is 6.13. The van der Waals surface area contributed by atoms with Gasteiger partial charge in [-0.05, 0) is 31.9 Å². The van der Waals surface area contributed by atoms with Gasteiger partial charge in [0, 0.05) is 11.8 Å². The van der Waals surface area contributed by atoms with Crippen molar-refractivity contribution in [1.29, 1.82) is 0 Å². The summed E-state index contributed by atoms with van der Waals surface area (Å²) >= 11 is 0. The number of hydrogen-bond donors (Lipinski definition) is 0. The zero-order valence-corrected chi connectivity index (χ0v) is 16.0. The molecule has 26 heavy (non-hydrogen) atoms. The molecule has 4 heteroatoms. The van der Waals surface area contributed by atoms with E-state index in [-0.39, 0.29) is 11.9 Å². The Balaban J connectivity index is 0.00000117. The molecular formula is C22H26N2O2. The minimum absolute atomic E-state index is 0.228. The molecule has 0 radical (unpaired) electrons. The Kier molecular flexibility index (Phi) is 6.34. The molecule has 136 valence electrons. The van der Waals surface area contributed by atoms with E-state index in [0.717, 1.165) is 28.2 Å². The van der Waals surface area contributed by atoms with Crippen molar-refractivity contribution in [3.8, 4) is 11.3 Å². The van der Waals surface area contributed by atoms with Crippen molar-refractivity contribution in [2.45, 2.75) is 33.1 Å². The van der Waals surface area contributed by atoms with Crippen molar-refractivity contribution in [2.24, 2.45) is 0 Å². The van der Waals surface area contributed by atoms with Crippen molar-refractivity contribution >= 4 is 11.6 Å². The molecule has 3 rings (SSSR count). The van der Waals surface area contributed by atoms with Crippen molar-refractivity contribution in [2.75, 3.05) is 7.11 Å². The summed E-state index contributed by atoms with van der Waals surface area (Å²) in [5.41, 5.74) is 5.91. The highest BCUT2D eigenvalue weighted by Crippen LogP contribution is 2.33. The van der Waals surface area contributed by atoms with Crippen LogP contribution in [-0.2, 0) is 9.53 Å². The number of pyridine rings is 1. The normalized spacial score (nSPS) is 11.5. The van der Waals surface area contributed by atoms with Crippen LogP contribution >= 0.6 is 0 Å². The topological polar surface area (TPSA) is 43.6 Å². The van der Waals surface area contributed by atoms with Crippen molar-refractivity contribution in [3.05, 3.63) is 72.6 Å². The first kappa shape index (κ1) is 19.4. The molecule has 1 atom stereocenters. The first-order valence-corrected chi connectivity index (χ1v) is 8.68. The number of aryl methyl sites for hydroxylation is 2. The molecule has 0 spiro atoms. The van der Waals surface area contributed by atoms with Crippen LogP contribution < -0.4 is 0 Å². The third kappa shape index (κ3) is 3.69. The number of benzene rings is 1. The molecule has 0 aliphatic rings. The molecule has 0 bridgehead atoms. The van der Waals surface area contributed by atoms with Crippen LogP contribution in [0.3, 0.4) is 0 Å². The quantitative estimate of drug-likeness (QED) is 0.486. The van der Waals surface area contributed by atoms with E-state index in [0.29, 0.717) is 6.42 Å². The minimum atomic E-state index is -0.344. The Morgan fingerprint density at radius 1 is 1.12 bits per heavy atom. The lowest BCUT2D eigenvalue weighted by Crippen LogP contribution is -2.16. The Morgan fingerprint density at radius 2 is 1.73 bits per heavy atom. The van der Waals surface area contributed by atoms with Gasteiger partial charge in [-0.25, -0.2) is 4.98 Å². The molecule has 0 aliphatic carbocycles. The molecule has 3 aromatic rings. The van der Waals surface area contributed by atoms with Crippen molar-refractivity contribution in [3.63, 3.8) is 0 Å². The van der Waals surface area contributed by atoms with Gasteiger partial charge >= 0.3 is 5.97 Å². The number of fused-ring (bicyclic) bond motifs is 1. The van der Waals surface area contributed by atoms with Gasteiger partial charge in [0.2, 0.25) is 0 Å². The summed E-state index contributed by atoms with van der Waals surface area (Å²) < 4.78 is 7.06. The van der Waals surface area contributed by atoms with Crippen molar-refractivity contribution < 1.29 is 9.53 Å².